The van der Waals surface area contributed by atoms with Gasteiger partial charge < -0.3 is 15.0 Å². The van der Waals surface area contributed by atoms with Crippen LogP contribution in [0, 0.1) is 6.92 Å². The molecule has 3 aromatic carbocycles. The number of benzene rings is 3. The largest absolute Gasteiger partial charge is 0.494 e. The third-order valence-electron chi connectivity index (χ3n) is 4.89. The fourth-order valence-corrected chi connectivity index (χ4v) is 3.67. The first-order valence-electron chi connectivity index (χ1n) is 9.11. The van der Waals surface area contributed by atoms with Gasteiger partial charge in [0.2, 0.25) is 5.91 Å². The third kappa shape index (κ3) is 3.04. The van der Waals surface area contributed by atoms with Crippen LogP contribution in [0.25, 0.3) is 21.8 Å². The van der Waals surface area contributed by atoms with Crippen LogP contribution < -0.4 is 10.5 Å². The standard InChI is InChI=1S/C23H22N2O2/c1-3-27-17-10-8-16(9-11-17)14-25-20-6-4-5-19(23(24)26)22(20)18-12-7-15(2)13-21(18)25/h4-13H,3,14H2,1-2H3,(H2,24,26). The SMILES string of the molecule is CCOc1ccc(Cn2c3cc(C)ccc3c3c(C(N)=O)cccc32)cc1. The highest BCUT2D eigenvalue weighted by Gasteiger charge is 2.16. The summed E-state index contributed by atoms with van der Waals surface area (Å²) in [6.07, 6.45) is 0. The maximum Gasteiger partial charge on any atom is 0.249 e. The molecule has 27 heavy (non-hydrogen) atoms. The van der Waals surface area contributed by atoms with Gasteiger partial charge in [0.25, 0.3) is 0 Å². The normalized spacial score (nSPS) is 11.2. The fourth-order valence-electron chi connectivity index (χ4n) is 3.67. The molecule has 0 bridgehead atoms. The molecule has 0 unspecified atom stereocenters. The van der Waals surface area contributed by atoms with Crippen LogP contribution in [0.5, 0.6) is 5.75 Å². The molecule has 0 aliphatic heterocycles. The Bertz CT molecular complexity index is 1140. The van der Waals surface area contributed by atoms with Crippen molar-refractivity contribution in [2.45, 2.75) is 20.4 Å². The van der Waals surface area contributed by atoms with E-state index in [1.165, 1.54) is 11.1 Å². The van der Waals surface area contributed by atoms with Gasteiger partial charge in [-0.05, 0) is 55.3 Å². The third-order valence-corrected chi connectivity index (χ3v) is 4.89. The van der Waals surface area contributed by atoms with Gasteiger partial charge >= 0.3 is 0 Å². The Morgan fingerprint density at radius 3 is 2.52 bits per heavy atom. The number of aromatic nitrogens is 1. The molecule has 1 amide bonds. The number of carbonyl (C=O) groups is 1. The molecular formula is C23H22N2O2. The number of carbonyl (C=O) groups excluding carboxylic acids is 1. The lowest BCUT2D eigenvalue weighted by molar-refractivity contribution is 0.100. The van der Waals surface area contributed by atoms with E-state index in [0.717, 1.165) is 27.6 Å². The molecule has 0 spiro atoms. The van der Waals surface area contributed by atoms with E-state index in [2.05, 4.69) is 41.8 Å². The summed E-state index contributed by atoms with van der Waals surface area (Å²) in [5.41, 5.74) is 10.7. The van der Waals surface area contributed by atoms with Gasteiger partial charge in [0.1, 0.15) is 5.75 Å². The maximum absolute atomic E-state index is 12.0. The number of nitrogens with two attached hydrogens (primary N) is 1. The summed E-state index contributed by atoms with van der Waals surface area (Å²) in [5.74, 6) is 0.469. The van der Waals surface area contributed by atoms with Crippen molar-refractivity contribution < 1.29 is 9.53 Å². The topological polar surface area (TPSA) is 57.2 Å². The van der Waals surface area contributed by atoms with Crippen LogP contribution in [0.4, 0.5) is 0 Å². The monoisotopic (exact) mass is 358 g/mol. The highest BCUT2D eigenvalue weighted by atomic mass is 16.5. The lowest BCUT2D eigenvalue weighted by atomic mass is 10.1. The lowest BCUT2D eigenvalue weighted by Crippen LogP contribution is -2.11. The summed E-state index contributed by atoms with van der Waals surface area (Å²) >= 11 is 0. The van der Waals surface area contributed by atoms with Crippen LogP contribution in [-0.2, 0) is 6.54 Å². The molecule has 0 aliphatic carbocycles. The van der Waals surface area contributed by atoms with Gasteiger partial charge in [-0.25, -0.2) is 0 Å². The van der Waals surface area contributed by atoms with Gasteiger partial charge in [-0.1, -0.05) is 30.3 Å². The Labute approximate surface area is 158 Å². The maximum atomic E-state index is 12.0. The molecule has 136 valence electrons. The minimum atomic E-state index is -0.402. The molecule has 0 aliphatic rings. The number of fused-ring (bicyclic) bond motifs is 3. The van der Waals surface area contributed by atoms with Crippen LogP contribution in [0.1, 0.15) is 28.4 Å². The Hall–Kier alpha value is -3.27. The zero-order chi connectivity index (χ0) is 19.0. The van der Waals surface area contributed by atoms with Gasteiger partial charge in [-0.15, -0.1) is 0 Å². The number of primary amides is 1. The van der Waals surface area contributed by atoms with E-state index in [1.807, 2.05) is 31.2 Å². The number of rotatable bonds is 5. The molecule has 0 radical (unpaired) electrons. The number of ether oxygens (including phenoxy) is 1. The molecule has 0 saturated carbocycles. The summed E-state index contributed by atoms with van der Waals surface area (Å²) in [4.78, 5) is 12.0. The summed E-state index contributed by atoms with van der Waals surface area (Å²) in [5, 5.41) is 1.97. The second-order valence-corrected chi connectivity index (χ2v) is 6.75. The number of nitrogens with zero attached hydrogens (tertiary/aromatic N) is 1. The summed E-state index contributed by atoms with van der Waals surface area (Å²) in [7, 11) is 0. The number of amides is 1. The average Bonchev–Trinajstić information content (AvgIpc) is 2.96. The minimum Gasteiger partial charge on any atom is -0.494 e. The molecule has 4 heteroatoms. The lowest BCUT2D eigenvalue weighted by Gasteiger charge is -2.10. The van der Waals surface area contributed by atoms with E-state index >= 15 is 0 Å². The molecule has 4 nitrogen and oxygen atoms in total. The first kappa shape index (κ1) is 17.2. The second kappa shape index (κ2) is 6.80. The minimum absolute atomic E-state index is 0.402. The Kier molecular flexibility index (Phi) is 4.32. The van der Waals surface area contributed by atoms with E-state index in [0.29, 0.717) is 18.7 Å². The Morgan fingerprint density at radius 2 is 1.81 bits per heavy atom. The molecule has 1 heterocycles. The first-order chi connectivity index (χ1) is 13.1. The van der Waals surface area contributed by atoms with Crippen molar-refractivity contribution in [3.05, 3.63) is 77.4 Å². The number of hydrogen-bond acceptors (Lipinski definition) is 2. The van der Waals surface area contributed by atoms with Gasteiger partial charge in [-0.2, -0.15) is 0 Å². The summed E-state index contributed by atoms with van der Waals surface area (Å²) in [6, 6.07) is 20.2. The molecule has 0 saturated heterocycles. The quantitative estimate of drug-likeness (QED) is 0.564. The van der Waals surface area contributed by atoms with Crippen LogP contribution in [0.15, 0.2) is 60.7 Å². The Balaban J connectivity index is 1.91. The molecule has 4 aromatic rings. The van der Waals surface area contributed by atoms with Gasteiger partial charge in [0, 0.05) is 28.4 Å². The predicted molar refractivity (Wildman–Crippen MR) is 109 cm³/mol. The van der Waals surface area contributed by atoms with E-state index in [1.54, 1.807) is 6.07 Å². The van der Waals surface area contributed by atoms with Crippen LogP contribution in [0.3, 0.4) is 0 Å². The van der Waals surface area contributed by atoms with Crippen molar-refractivity contribution in [1.29, 1.82) is 0 Å². The number of aryl methyl sites for hydroxylation is 1. The zero-order valence-corrected chi connectivity index (χ0v) is 15.5. The van der Waals surface area contributed by atoms with E-state index in [-0.39, 0.29) is 0 Å². The zero-order valence-electron chi connectivity index (χ0n) is 15.5. The highest BCUT2D eigenvalue weighted by molar-refractivity contribution is 6.17. The molecule has 0 fully saturated rings. The van der Waals surface area contributed by atoms with Crippen molar-refractivity contribution in [2.24, 2.45) is 5.73 Å². The van der Waals surface area contributed by atoms with Gasteiger partial charge in [0.15, 0.2) is 0 Å². The van der Waals surface area contributed by atoms with E-state index < -0.39 is 5.91 Å². The summed E-state index contributed by atoms with van der Waals surface area (Å²) in [6.45, 7) is 5.41. The fraction of sp³-hybridized carbons (Fsp3) is 0.174. The van der Waals surface area contributed by atoms with Crippen LogP contribution in [-0.4, -0.2) is 17.1 Å². The van der Waals surface area contributed by atoms with Crippen LogP contribution >= 0.6 is 0 Å². The Morgan fingerprint density at radius 1 is 1.04 bits per heavy atom. The van der Waals surface area contributed by atoms with Crippen molar-refractivity contribution in [2.75, 3.05) is 6.61 Å². The molecule has 0 atom stereocenters. The van der Waals surface area contributed by atoms with Crippen molar-refractivity contribution in [3.8, 4) is 5.75 Å². The van der Waals surface area contributed by atoms with Gasteiger partial charge in [0.05, 0.1) is 12.1 Å². The number of hydrogen-bond donors (Lipinski definition) is 1. The molecule has 1 aromatic heterocycles. The average molecular weight is 358 g/mol. The summed E-state index contributed by atoms with van der Waals surface area (Å²) < 4.78 is 7.79. The second-order valence-electron chi connectivity index (χ2n) is 6.75. The molecule has 4 rings (SSSR count). The van der Waals surface area contributed by atoms with E-state index in [9.17, 15) is 4.79 Å². The predicted octanol–water partition coefficient (Wildman–Crippen LogP) is 4.65. The molecular weight excluding hydrogens is 336 g/mol. The van der Waals surface area contributed by atoms with Crippen molar-refractivity contribution in [3.63, 3.8) is 0 Å². The molecule has 2 N–H and O–H groups in total. The van der Waals surface area contributed by atoms with E-state index in [4.69, 9.17) is 10.5 Å². The van der Waals surface area contributed by atoms with Crippen molar-refractivity contribution in [1.82, 2.24) is 4.57 Å². The van der Waals surface area contributed by atoms with Gasteiger partial charge in [-0.3, -0.25) is 4.79 Å². The van der Waals surface area contributed by atoms with Crippen LogP contribution in [0.2, 0.25) is 0 Å². The van der Waals surface area contributed by atoms with Crippen molar-refractivity contribution >= 4 is 27.7 Å². The highest BCUT2D eigenvalue weighted by Crippen LogP contribution is 2.33. The first-order valence-corrected chi connectivity index (χ1v) is 9.11. The smallest absolute Gasteiger partial charge is 0.249 e.